The molecule has 0 aromatic carbocycles. The molecule has 0 bridgehead atoms. The molecular formula is C13H26N2O3. The summed E-state index contributed by atoms with van der Waals surface area (Å²) in [7, 11) is 0. The number of hydrogen-bond acceptors (Lipinski definition) is 3. The van der Waals surface area contributed by atoms with Gasteiger partial charge in [0.2, 0.25) is 5.91 Å². The van der Waals surface area contributed by atoms with E-state index in [2.05, 4.69) is 10.6 Å². The first kappa shape index (κ1) is 16.9. The number of carboxylic acids is 1. The van der Waals surface area contributed by atoms with Gasteiger partial charge in [0.25, 0.3) is 0 Å². The maximum absolute atomic E-state index is 11.3. The minimum absolute atomic E-state index is 0.0163. The van der Waals surface area contributed by atoms with Gasteiger partial charge in [-0.05, 0) is 26.2 Å². The largest absolute Gasteiger partial charge is 0.481 e. The predicted molar refractivity (Wildman–Crippen MR) is 71.4 cm³/mol. The molecule has 106 valence electrons. The third-order valence-corrected chi connectivity index (χ3v) is 2.88. The summed E-state index contributed by atoms with van der Waals surface area (Å²) in [6, 6.07) is 0.235. The zero-order chi connectivity index (χ0) is 14.0. The van der Waals surface area contributed by atoms with Crippen molar-refractivity contribution < 1.29 is 14.7 Å². The number of carbonyl (C=O) groups excluding carboxylic acids is 1. The first-order chi connectivity index (χ1) is 8.47. The molecule has 2 unspecified atom stereocenters. The molecule has 0 saturated carbocycles. The fraction of sp³-hybridized carbons (Fsp3) is 0.846. The Labute approximate surface area is 109 Å². The normalized spacial score (nSPS) is 13.9. The highest BCUT2D eigenvalue weighted by molar-refractivity contribution is 5.77. The highest BCUT2D eigenvalue weighted by Crippen LogP contribution is 2.09. The van der Waals surface area contributed by atoms with Gasteiger partial charge in [0.1, 0.15) is 0 Å². The maximum Gasteiger partial charge on any atom is 0.306 e. The SMILES string of the molecule is CCCNC(=O)CNC(C)CCCC(C)C(=O)O. The van der Waals surface area contributed by atoms with Crippen LogP contribution in [0.4, 0.5) is 0 Å². The molecule has 2 atom stereocenters. The van der Waals surface area contributed by atoms with Crippen LogP contribution in [0.25, 0.3) is 0 Å². The van der Waals surface area contributed by atoms with E-state index in [0.717, 1.165) is 19.3 Å². The van der Waals surface area contributed by atoms with Crippen LogP contribution in [-0.4, -0.2) is 36.1 Å². The van der Waals surface area contributed by atoms with Crippen LogP contribution >= 0.6 is 0 Å². The average Bonchev–Trinajstić information content (AvgIpc) is 2.33. The number of rotatable bonds is 10. The average molecular weight is 258 g/mol. The third-order valence-electron chi connectivity index (χ3n) is 2.88. The lowest BCUT2D eigenvalue weighted by molar-refractivity contribution is -0.141. The second-order valence-electron chi connectivity index (χ2n) is 4.80. The minimum Gasteiger partial charge on any atom is -0.481 e. The molecule has 0 saturated heterocycles. The van der Waals surface area contributed by atoms with Crippen molar-refractivity contribution in [3.63, 3.8) is 0 Å². The van der Waals surface area contributed by atoms with Crippen LogP contribution in [0.2, 0.25) is 0 Å². The number of amides is 1. The van der Waals surface area contributed by atoms with Gasteiger partial charge in [-0.2, -0.15) is 0 Å². The van der Waals surface area contributed by atoms with Gasteiger partial charge in [0.05, 0.1) is 12.5 Å². The molecule has 0 spiro atoms. The second kappa shape index (κ2) is 9.88. The van der Waals surface area contributed by atoms with Crippen molar-refractivity contribution in [2.45, 2.75) is 52.5 Å². The van der Waals surface area contributed by atoms with E-state index >= 15 is 0 Å². The second-order valence-corrected chi connectivity index (χ2v) is 4.80. The Balaban J connectivity index is 3.56. The van der Waals surface area contributed by atoms with E-state index < -0.39 is 5.97 Å². The summed E-state index contributed by atoms with van der Waals surface area (Å²) in [5, 5.41) is 14.7. The molecule has 0 aromatic rings. The summed E-state index contributed by atoms with van der Waals surface area (Å²) < 4.78 is 0. The summed E-state index contributed by atoms with van der Waals surface area (Å²) in [4.78, 5) is 21.9. The zero-order valence-electron chi connectivity index (χ0n) is 11.7. The molecule has 0 fully saturated rings. The van der Waals surface area contributed by atoms with Gasteiger partial charge in [-0.25, -0.2) is 0 Å². The Morgan fingerprint density at radius 3 is 2.44 bits per heavy atom. The predicted octanol–water partition coefficient (Wildman–Crippen LogP) is 1.38. The van der Waals surface area contributed by atoms with E-state index in [1.54, 1.807) is 6.92 Å². The van der Waals surface area contributed by atoms with Crippen LogP contribution in [0.3, 0.4) is 0 Å². The van der Waals surface area contributed by atoms with E-state index in [1.807, 2.05) is 13.8 Å². The van der Waals surface area contributed by atoms with Crippen molar-refractivity contribution in [1.29, 1.82) is 0 Å². The van der Waals surface area contributed by atoms with Gasteiger partial charge in [-0.15, -0.1) is 0 Å². The van der Waals surface area contributed by atoms with Crippen LogP contribution in [0.1, 0.15) is 46.5 Å². The summed E-state index contributed by atoms with van der Waals surface area (Å²) >= 11 is 0. The Hall–Kier alpha value is -1.10. The van der Waals surface area contributed by atoms with Crippen LogP contribution in [0.5, 0.6) is 0 Å². The molecule has 0 aromatic heterocycles. The van der Waals surface area contributed by atoms with E-state index in [-0.39, 0.29) is 17.9 Å². The molecule has 5 nitrogen and oxygen atoms in total. The summed E-state index contributed by atoms with van der Waals surface area (Å²) in [5.74, 6) is -1.01. The quantitative estimate of drug-likeness (QED) is 0.553. The lowest BCUT2D eigenvalue weighted by Gasteiger charge is -2.14. The molecule has 0 aliphatic carbocycles. The number of hydrogen-bond donors (Lipinski definition) is 3. The molecule has 0 radical (unpaired) electrons. The molecule has 0 heterocycles. The monoisotopic (exact) mass is 258 g/mol. The standard InChI is InChI=1S/C13H26N2O3/c1-4-8-14-12(16)9-15-11(3)7-5-6-10(2)13(17)18/h10-11,15H,4-9H2,1-3H3,(H,14,16)(H,17,18). The molecule has 1 amide bonds. The van der Waals surface area contributed by atoms with Crippen molar-refractivity contribution in [2.75, 3.05) is 13.1 Å². The minimum atomic E-state index is -0.741. The van der Waals surface area contributed by atoms with Gasteiger partial charge < -0.3 is 15.7 Å². The fourth-order valence-electron chi connectivity index (χ4n) is 1.55. The summed E-state index contributed by atoms with van der Waals surface area (Å²) in [6.07, 6.45) is 3.37. The van der Waals surface area contributed by atoms with E-state index in [0.29, 0.717) is 19.5 Å². The Kier molecular flexibility index (Phi) is 9.28. The molecule has 18 heavy (non-hydrogen) atoms. The van der Waals surface area contributed by atoms with Gasteiger partial charge in [-0.3, -0.25) is 9.59 Å². The molecule has 5 heteroatoms. The van der Waals surface area contributed by atoms with Crippen LogP contribution < -0.4 is 10.6 Å². The first-order valence-electron chi connectivity index (χ1n) is 6.70. The van der Waals surface area contributed by atoms with Crippen molar-refractivity contribution in [3.8, 4) is 0 Å². The lowest BCUT2D eigenvalue weighted by Crippen LogP contribution is -2.38. The Morgan fingerprint density at radius 1 is 1.22 bits per heavy atom. The number of nitrogens with one attached hydrogen (secondary N) is 2. The lowest BCUT2D eigenvalue weighted by atomic mass is 10.0. The number of carboxylic acid groups (broad SMARTS) is 1. The van der Waals surface area contributed by atoms with E-state index in [4.69, 9.17) is 5.11 Å². The number of carbonyl (C=O) groups is 2. The molecule has 0 rings (SSSR count). The van der Waals surface area contributed by atoms with Crippen LogP contribution in [-0.2, 0) is 9.59 Å². The van der Waals surface area contributed by atoms with E-state index in [9.17, 15) is 9.59 Å². The van der Waals surface area contributed by atoms with Crippen LogP contribution in [0, 0.1) is 5.92 Å². The zero-order valence-corrected chi connectivity index (χ0v) is 11.7. The topological polar surface area (TPSA) is 78.4 Å². The molecule has 0 aliphatic rings. The maximum atomic E-state index is 11.3. The third kappa shape index (κ3) is 8.98. The summed E-state index contributed by atoms with van der Waals surface area (Å²) in [5.41, 5.74) is 0. The fourth-order valence-corrected chi connectivity index (χ4v) is 1.55. The van der Waals surface area contributed by atoms with Crippen molar-refractivity contribution in [1.82, 2.24) is 10.6 Å². The van der Waals surface area contributed by atoms with Crippen molar-refractivity contribution in [2.24, 2.45) is 5.92 Å². The first-order valence-corrected chi connectivity index (χ1v) is 6.70. The van der Waals surface area contributed by atoms with Gasteiger partial charge in [-0.1, -0.05) is 20.3 Å². The highest BCUT2D eigenvalue weighted by Gasteiger charge is 2.11. The Morgan fingerprint density at radius 2 is 1.89 bits per heavy atom. The smallest absolute Gasteiger partial charge is 0.306 e. The highest BCUT2D eigenvalue weighted by atomic mass is 16.4. The summed E-state index contributed by atoms with van der Waals surface area (Å²) in [6.45, 7) is 6.79. The molecule has 3 N–H and O–H groups in total. The van der Waals surface area contributed by atoms with E-state index in [1.165, 1.54) is 0 Å². The Bertz CT molecular complexity index is 257. The molecule has 0 aliphatic heterocycles. The van der Waals surface area contributed by atoms with Crippen LogP contribution in [0.15, 0.2) is 0 Å². The van der Waals surface area contributed by atoms with Crippen molar-refractivity contribution in [3.05, 3.63) is 0 Å². The van der Waals surface area contributed by atoms with Gasteiger partial charge >= 0.3 is 5.97 Å². The van der Waals surface area contributed by atoms with Gasteiger partial charge in [0.15, 0.2) is 0 Å². The van der Waals surface area contributed by atoms with Gasteiger partial charge in [0, 0.05) is 12.6 Å². The molecular weight excluding hydrogens is 232 g/mol. The van der Waals surface area contributed by atoms with Crippen molar-refractivity contribution >= 4 is 11.9 Å². The number of aliphatic carboxylic acids is 1.